The molecular formula is C47H26N4. The summed E-state index contributed by atoms with van der Waals surface area (Å²) in [5.74, 6) is 0. The van der Waals surface area contributed by atoms with Crippen LogP contribution < -0.4 is 0 Å². The average Bonchev–Trinajstić information content (AvgIpc) is 3.52. The number of para-hydroxylation sites is 1. The van der Waals surface area contributed by atoms with Gasteiger partial charge < -0.3 is 4.57 Å². The fourth-order valence-electron chi connectivity index (χ4n) is 7.75. The Kier molecular flexibility index (Phi) is 6.93. The molecule has 4 nitrogen and oxygen atoms in total. The molecule has 0 aliphatic rings. The number of nitrogens with zero attached hydrogens (tertiary/aromatic N) is 4. The van der Waals surface area contributed by atoms with Crippen molar-refractivity contribution in [2.45, 2.75) is 0 Å². The van der Waals surface area contributed by atoms with E-state index in [-0.39, 0.29) is 0 Å². The van der Waals surface area contributed by atoms with Crippen LogP contribution in [0.5, 0.6) is 0 Å². The van der Waals surface area contributed by atoms with Crippen molar-refractivity contribution in [3.8, 4) is 57.3 Å². The Balaban J connectivity index is 1.27. The van der Waals surface area contributed by atoms with Crippen molar-refractivity contribution in [3.63, 3.8) is 0 Å². The largest absolute Gasteiger partial charge is 0.308 e. The fourth-order valence-corrected chi connectivity index (χ4v) is 7.75. The van der Waals surface area contributed by atoms with E-state index >= 15 is 0 Å². The van der Waals surface area contributed by atoms with E-state index in [1.807, 2.05) is 71.3 Å². The second kappa shape index (κ2) is 11.9. The molecule has 1 aromatic heterocycles. The van der Waals surface area contributed by atoms with E-state index in [9.17, 15) is 15.8 Å². The van der Waals surface area contributed by atoms with Crippen molar-refractivity contribution in [2.75, 3.05) is 0 Å². The van der Waals surface area contributed by atoms with Crippen LogP contribution in [0.15, 0.2) is 158 Å². The van der Waals surface area contributed by atoms with Crippen molar-refractivity contribution in [1.82, 2.24) is 4.57 Å². The van der Waals surface area contributed by atoms with Gasteiger partial charge in [-0.3, -0.25) is 0 Å². The van der Waals surface area contributed by atoms with Gasteiger partial charge in [0.25, 0.3) is 0 Å². The van der Waals surface area contributed by atoms with Gasteiger partial charge in [-0.25, -0.2) is 0 Å². The Hall–Kier alpha value is -7.45. The quantitative estimate of drug-likeness (QED) is 0.179. The van der Waals surface area contributed by atoms with Crippen LogP contribution in [0.3, 0.4) is 0 Å². The van der Waals surface area contributed by atoms with Gasteiger partial charge in [-0.15, -0.1) is 0 Å². The molecule has 9 aromatic rings. The highest BCUT2D eigenvalue weighted by Gasteiger charge is 2.21. The average molecular weight is 647 g/mol. The van der Waals surface area contributed by atoms with Gasteiger partial charge in [0, 0.05) is 16.3 Å². The Morgan fingerprint density at radius 2 is 0.922 bits per heavy atom. The number of aromatic nitrogens is 1. The third kappa shape index (κ3) is 4.58. The molecule has 0 saturated carbocycles. The minimum atomic E-state index is 0.301. The summed E-state index contributed by atoms with van der Waals surface area (Å²) in [7, 11) is 0. The smallest absolute Gasteiger partial charge is 0.103 e. The van der Waals surface area contributed by atoms with E-state index in [0.717, 1.165) is 49.3 Å². The summed E-state index contributed by atoms with van der Waals surface area (Å²) < 4.78 is 2.03. The molecule has 0 aliphatic carbocycles. The first-order valence-electron chi connectivity index (χ1n) is 16.7. The first-order valence-corrected chi connectivity index (χ1v) is 16.7. The molecule has 0 N–H and O–H groups in total. The first kappa shape index (κ1) is 29.7. The van der Waals surface area contributed by atoms with Crippen LogP contribution in [0.1, 0.15) is 16.7 Å². The standard InChI is InChI=1S/C47H26N4/c48-27-30-21-23-44-40(25-30)35-15-8-9-20-43(35)51(44)45-24-22-34(41(28-49)42(45)29-50)32-13-10-14-33(26-32)47-38-18-6-4-16-36(38)46(31-11-2-1-3-12-31)37-17-5-7-19-39(37)47/h1-26H. The van der Waals surface area contributed by atoms with Crippen LogP contribution in [0.4, 0.5) is 0 Å². The van der Waals surface area contributed by atoms with Gasteiger partial charge in [0.1, 0.15) is 12.1 Å². The Morgan fingerprint density at radius 3 is 1.57 bits per heavy atom. The van der Waals surface area contributed by atoms with Gasteiger partial charge in [0.15, 0.2) is 0 Å². The Bertz CT molecular complexity index is 2940. The molecule has 4 heteroatoms. The number of nitriles is 3. The predicted molar refractivity (Wildman–Crippen MR) is 206 cm³/mol. The Morgan fingerprint density at radius 1 is 0.373 bits per heavy atom. The summed E-state index contributed by atoms with van der Waals surface area (Å²) in [6, 6.07) is 60.4. The summed E-state index contributed by atoms with van der Waals surface area (Å²) in [6.07, 6.45) is 0. The maximum absolute atomic E-state index is 10.7. The zero-order valence-electron chi connectivity index (χ0n) is 27.3. The SMILES string of the molecule is N#Cc1ccc2c(c1)c1ccccc1n2-c1ccc(-c2cccc(-c3c4ccccc4c(-c4ccccc4)c4ccccc34)c2)c(C#N)c1C#N. The van der Waals surface area contributed by atoms with Gasteiger partial charge in [0.05, 0.1) is 39.5 Å². The lowest BCUT2D eigenvalue weighted by molar-refractivity contribution is 1.16. The van der Waals surface area contributed by atoms with Crippen LogP contribution in [0.2, 0.25) is 0 Å². The minimum Gasteiger partial charge on any atom is -0.308 e. The molecule has 0 fully saturated rings. The second-order valence-corrected chi connectivity index (χ2v) is 12.6. The zero-order chi connectivity index (χ0) is 34.5. The highest BCUT2D eigenvalue weighted by molar-refractivity contribution is 6.21. The molecule has 0 aliphatic heterocycles. The van der Waals surface area contributed by atoms with Crippen LogP contribution in [-0.4, -0.2) is 4.57 Å². The molecule has 0 saturated heterocycles. The summed E-state index contributed by atoms with van der Waals surface area (Å²) in [5, 5.41) is 37.5. The first-order chi connectivity index (χ1) is 25.2. The van der Waals surface area contributed by atoms with Gasteiger partial charge in [-0.1, -0.05) is 121 Å². The summed E-state index contributed by atoms with van der Waals surface area (Å²) >= 11 is 0. The molecular weight excluding hydrogens is 621 g/mol. The molecule has 234 valence electrons. The lowest BCUT2D eigenvalue weighted by Crippen LogP contribution is -2.01. The number of hydrogen-bond acceptors (Lipinski definition) is 3. The van der Waals surface area contributed by atoms with Crippen molar-refractivity contribution >= 4 is 43.4 Å². The van der Waals surface area contributed by atoms with Crippen LogP contribution in [0.25, 0.3) is 82.4 Å². The molecule has 51 heavy (non-hydrogen) atoms. The molecule has 0 unspecified atom stereocenters. The predicted octanol–water partition coefficient (Wildman–Crippen LogP) is 11.7. The minimum absolute atomic E-state index is 0.301. The van der Waals surface area contributed by atoms with E-state index in [1.54, 1.807) is 6.07 Å². The zero-order valence-corrected chi connectivity index (χ0v) is 27.3. The van der Waals surface area contributed by atoms with E-state index in [0.29, 0.717) is 27.9 Å². The molecule has 8 aromatic carbocycles. The maximum atomic E-state index is 10.7. The lowest BCUT2D eigenvalue weighted by atomic mass is 9.85. The van der Waals surface area contributed by atoms with E-state index < -0.39 is 0 Å². The third-order valence-electron chi connectivity index (χ3n) is 9.91. The molecule has 1 heterocycles. The molecule has 0 bridgehead atoms. The summed E-state index contributed by atoms with van der Waals surface area (Å²) in [5.41, 5.74) is 9.65. The van der Waals surface area contributed by atoms with Gasteiger partial charge in [-0.2, -0.15) is 15.8 Å². The topological polar surface area (TPSA) is 76.3 Å². The van der Waals surface area contributed by atoms with Crippen molar-refractivity contribution in [2.24, 2.45) is 0 Å². The lowest BCUT2D eigenvalue weighted by Gasteiger charge is -2.18. The monoisotopic (exact) mass is 646 g/mol. The number of rotatable bonds is 4. The number of benzene rings is 8. The van der Waals surface area contributed by atoms with Gasteiger partial charge >= 0.3 is 0 Å². The van der Waals surface area contributed by atoms with Gasteiger partial charge in [0.2, 0.25) is 0 Å². The fraction of sp³-hybridized carbons (Fsp3) is 0. The summed E-state index contributed by atoms with van der Waals surface area (Å²) in [6.45, 7) is 0. The molecule has 0 radical (unpaired) electrons. The van der Waals surface area contributed by atoms with Crippen molar-refractivity contribution < 1.29 is 0 Å². The Labute approximate surface area is 294 Å². The van der Waals surface area contributed by atoms with Gasteiger partial charge in [-0.05, 0) is 85.8 Å². The molecule has 0 atom stereocenters. The summed E-state index contributed by atoms with van der Waals surface area (Å²) in [4.78, 5) is 0. The molecule has 0 amide bonds. The third-order valence-corrected chi connectivity index (χ3v) is 9.91. The van der Waals surface area contributed by atoms with Crippen molar-refractivity contribution in [1.29, 1.82) is 15.8 Å². The second-order valence-electron chi connectivity index (χ2n) is 12.6. The van der Waals surface area contributed by atoms with Crippen LogP contribution >= 0.6 is 0 Å². The number of fused-ring (bicyclic) bond motifs is 5. The highest BCUT2D eigenvalue weighted by Crippen LogP contribution is 2.44. The van der Waals surface area contributed by atoms with E-state index in [1.165, 1.54) is 21.9 Å². The molecule has 9 rings (SSSR count). The van der Waals surface area contributed by atoms with E-state index in [2.05, 4.69) is 103 Å². The van der Waals surface area contributed by atoms with Crippen molar-refractivity contribution in [3.05, 3.63) is 174 Å². The van der Waals surface area contributed by atoms with Crippen LogP contribution in [-0.2, 0) is 0 Å². The molecule has 0 spiro atoms. The van der Waals surface area contributed by atoms with Crippen LogP contribution in [0, 0.1) is 34.0 Å². The van der Waals surface area contributed by atoms with E-state index in [4.69, 9.17) is 0 Å². The maximum Gasteiger partial charge on any atom is 0.103 e. The number of hydrogen-bond donors (Lipinski definition) is 0. The normalized spacial score (nSPS) is 11.1. The highest BCUT2D eigenvalue weighted by atomic mass is 15.0.